The zero-order chi connectivity index (χ0) is 19.6. The minimum Gasteiger partial charge on any atom is -0.356 e. The number of hydrogen-bond acceptors (Lipinski definition) is 5. The van der Waals surface area contributed by atoms with Crippen molar-refractivity contribution in [1.82, 2.24) is 25.5 Å². The van der Waals surface area contributed by atoms with E-state index in [2.05, 4.69) is 41.5 Å². The third-order valence-corrected chi connectivity index (χ3v) is 4.98. The maximum absolute atomic E-state index is 6.03. The predicted octanol–water partition coefficient (Wildman–Crippen LogP) is 1.66. The summed E-state index contributed by atoms with van der Waals surface area (Å²) in [6, 6.07) is 9.81. The lowest BCUT2D eigenvalue weighted by Crippen LogP contribution is -2.49. The van der Waals surface area contributed by atoms with Crippen LogP contribution in [0.15, 0.2) is 47.7 Å². The number of rotatable bonds is 7. The Kier molecular flexibility index (Phi) is 7.87. The fourth-order valence-electron chi connectivity index (χ4n) is 3.20. The summed E-state index contributed by atoms with van der Waals surface area (Å²) in [5.74, 6) is 1.66. The smallest absolute Gasteiger partial charge is 0.225 e. The van der Waals surface area contributed by atoms with Gasteiger partial charge in [0.05, 0.1) is 0 Å². The number of aromatic nitrogens is 2. The van der Waals surface area contributed by atoms with Gasteiger partial charge in [-0.3, -0.25) is 9.89 Å². The number of piperazine rings is 1. The van der Waals surface area contributed by atoms with E-state index in [9.17, 15) is 0 Å². The number of hydrogen-bond donors (Lipinski definition) is 2. The highest BCUT2D eigenvalue weighted by Gasteiger charge is 2.18. The first-order valence-electron chi connectivity index (χ1n) is 9.68. The van der Waals surface area contributed by atoms with E-state index >= 15 is 0 Å². The molecule has 8 heteroatoms. The molecule has 0 atom stereocenters. The van der Waals surface area contributed by atoms with Crippen LogP contribution in [0.1, 0.15) is 5.56 Å². The van der Waals surface area contributed by atoms with E-state index in [1.165, 1.54) is 5.56 Å². The summed E-state index contributed by atoms with van der Waals surface area (Å²) in [5.41, 5.74) is 1.22. The van der Waals surface area contributed by atoms with E-state index in [-0.39, 0.29) is 0 Å². The number of nitrogens with zero attached hydrogens (tertiary/aromatic N) is 5. The maximum Gasteiger partial charge on any atom is 0.225 e. The Morgan fingerprint density at radius 3 is 2.54 bits per heavy atom. The molecule has 0 spiro atoms. The van der Waals surface area contributed by atoms with Gasteiger partial charge in [-0.2, -0.15) is 0 Å². The Bertz CT molecular complexity index is 745. The second kappa shape index (κ2) is 10.8. The summed E-state index contributed by atoms with van der Waals surface area (Å²) in [6.07, 6.45) is 4.50. The SMILES string of the molecule is CN=C(NCCc1cccc(Cl)c1)NCCN1CCN(c2ncccn2)CC1. The fraction of sp³-hybridized carbons (Fsp3) is 0.450. The largest absolute Gasteiger partial charge is 0.356 e. The number of nitrogens with one attached hydrogen (secondary N) is 2. The van der Waals surface area contributed by atoms with Gasteiger partial charge in [0, 0.05) is 70.3 Å². The highest BCUT2D eigenvalue weighted by molar-refractivity contribution is 6.30. The lowest BCUT2D eigenvalue weighted by molar-refractivity contribution is 0.260. The number of aliphatic imine (C=N–C) groups is 1. The molecule has 0 unspecified atom stereocenters. The molecule has 3 rings (SSSR count). The third kappa shape index (κ3) is 6.35. The van der Waals surface area contributed by atoms with Crippen LogP contribution in [0.25, 0.3) is 0 Å². The molecule has 7 nitrogen and oxygen atoms in total. The van der Waals surface area contributed by atoms with Gasteiger partial charge in [-0.25, -0.2) is 9.97 Å². The predicted molar refractivity (Wildman–Crippen MR) is 115 cm³/mol. The van der Waals surface area contributed by atoms with Gasteiger partial charge < -0.3 is 15.5 Å². The summed E-state index contributed by atoms with van der Waals surface area (Å²) in [6.45, 7) is 6.60. The summed E-state index contributed by atoms with van der Waals surface area (Å²) < 4.78 is 0. The second-order valence-electron chi connectivity index (χ2n) is 6.68. The highest BCUT2D eigenvalue weighted by atomic mass is 35.5. The van der Waals surface area contributed by atoms with Crippen molar-refractivity contribution in [2.75, 3.05) is 57.8 Å². The molecule has 0 bridgehead atoms. The Balaban J connectivity index is 1.31. The normalized spacial score (nSPS) is 15.5. The summed E-state index contributed by atoms with van der Waals surface area (Å²) in [5, 5.41) is 7.52. The first kappa shape index (κ1) is 20.4. The second-order valence-corrected chi connectivity index (χ2v) is 7.12. The van der Waals surface area contributed by atoms with Gasteiger partial charge in [0.2, 0.25) is 5.95 Å². The topological polar surface area (TPSA) is 68.7 Å². The number of anilines is 1. The molecule has 1 aliphatic heterocycles. The zero-order valence-electron chi connectivity index (χ0n) is 16.3. The van der Waals surface area contributed by atoms with Crippen LogP contribution in [0.5, 0.6) is 0 Å². The molecule has 1 aromatic heterocycles. The van der Waals surface area contributed by atoms with Crippen molar-refractivity contribution in [2.45, 2.75) is 6.42 Å². The van der Waals surface area contributed by atoms with Crippen LogP contribution in [0.3, 0.4) is 0 Å². The lowest BCUT2D eigenvalue weighted by atomic mass is 10.1. The Hall–Kier alpha value is -2.38. The van der Waals surface area contributed by atoms with Crippen molar-refractivity contribution in [3.8, 4) is 0 Å². The van der Waals surface area contributed by atoms with Gasteiger partial charge >= 0.3 is 0 Å². The first-order valence-corrected chi connectivity index (χ1v) is 10.1. The fourth-order valence-corrected chi connectivity index (χ4v) is 3.41. The Morgan fingerprint density at radius 2 is 1.82 bits per heavy atom. The molecule has 1 saturated heterocycles. The van der Waals surface area contributed by atoms with E-state index in [1.54, 1.807) is 19.4 Å². The molecule has 0 radical (unpaired) electrons. The number of benzene rings is 1. The average molecular weight is 402 g/mol. The standard InChI is InChI=1S/C20H28ClN7/c1-22-19(23-9-6-17-4-2-5-18(21)16-17)24-10-11-27-12-14-28(15-13-27)20-25-7-3-8-26-20/h2-5,7-8,16H,6,9-15H2,1H3,(H2,22,23,24). The monoisotopic (exact) mass is 401 g/mol. The number of guanidine groups is 1. The summed E-state index contributed by atoms with van der Waals surface area (Å²) in [7, 11) is 1.80. The first-order chi connectivity index (χ1) is 13.7. The Labute approximate surface area is 171 Å². The van der Waals surface area contributed by atoms with Crippen molar-refractivity contribution >= 4 is 23.5 Å². The molecule has 1 aliphatic rings. The van der Waals surface area contributed by atoms with E-state index < -0.39 is 0 Å². The van der Waals surface area contributed by atoms with Crippen LogP contribution >= 0.6 is 11.6 Å². The van der Waals surface area contributed by atoms with E-state index in [1.807, 2.05) is 24.3 Å². The molecular weight excluding hydrogens is 374 g/mol. The quantitative estimate of drug-likeness (QED) is 0.543. The molecule has 0 saturated carbocycles. The molecule has 2 N–H and O–H groups in total. The summed E-state index contributed by atoms with van der Waals surface area (Å²) >= 11 is 6.03. The molecule has 0 aliphatic carbocycles. The van der Waals surface area contributed by atoms with E-state index in [4.69, 9.17) is 11.6 Å². The van der Waals surface area contributed by atoms with Gasteiger partial charge in [-0.15, -0.1) is 0 Å². The van der Waals surface area contributed by atoms with Gasteiger partial charge in [0.25, 0.3) is 0 Å². The van der Waals surface area contributed by atoms with Gasteiger partial charge in [0.15, 0.2) is 5.96 Å². The van der Waals surface area contributed by atoms with Crippen molar-refractivity contribution in [1.29, 1.82) is 0 Å². The average Bonchev–Trinajstić information content (AvgIpc) is 2.74. The van der Waals surface area contributed by atoms with Crippen molar-refractivity contribution in [3.05, 3.63) is 53.3 Å². The maximum atomic E-state index is 6.03. The zero-order valence-corrected chi connectivity index (χ0v) is 17.1. The van der Waals surface area contributed by atoms with Crippen molar-refractivity contribution < 1.29 is 0 Å². The van der Waals surface area contributed by atoms with Crippen molar-refractivity contribution in [3.63, 3.8) is 0 Å². The van der Waals surface area contributed by atoms with Gasteiger partial charge in [-0.1, -0.05) is 23.7 Å². The van der Waals surface area contributed by atoms with Crippen LogP contribution < -0.4 is 15.5 Å². The molecule has 1 aromatic carbocycles. The van der Waals surface area contributed by atoms with Crippen LogP contribution in [-0.4, -0.2) is 73.7 Å². The highest BCUT2D eigenvalue weighted by Crippen LogP contribution is 2.11. The molecular formula is C20H28ClN7. The molecule has 0 amide bonds. The minimum absolute atomic E-state index is 0.777. The van der Waals surface area contributed by atoms with Gasteiger partial charge in [-0.05, 0) is 30.2 Å². The van der Waals surface area contributed by atoms with Gasteiger partial charge in [0.1, 0.15) is 0 Å². The summed E-state index contributed by atoms with van der Waals surface area (Å²) in [4.78, 5) is 17.6. The number of halogens is 1. The molecule has 1 fully saturated rings. The van der Waals surface area contributed by atoms with E-state index in [0.29, 0.717) is 0 Å². The molecule has 2 aromatic rings. The lowest BCUT2D eigenvalue weighted by Gasteiger charge is -2.34. The third-order valence-electron chi connectivity index (χ3n) is 4.75. The Morgan fingerprint density at radius 1 is 1.07 bits per heavy atom. The van der Waals surface area contributed by atoms with E-state index in [0.717, 1.165) is 69.2 Å². The molecule has 2 heterocycles. The minimum atomic E-state index is 0.777. The molecule has 150 valence electrons. The van der Waals surface area contributed by atoms with Crippen LogP contribution in [-0.2, 0) is 6.42 Å². The van der Waals surface area contributed by atoms with Crippen LogP contribution in [0.4, 0.5) is 5.95 Å². The molecule has 28 heavy (non-hydrogen) atoms. The van der Waals surface area contributed by atoms with Crippen LogP contribution in [0.2, 0.25) is 5.02 Å². The van der Waals surface area contributed by atoms with Crippen LogP contribution in [0, 0.1) is 0 Å². The van der Waals surface area contributed by atoms with Crippen molar-refractivity contribution in [2.24, 2.45) is 4.99 Å².